The summed E-state index contributed by atoms with van der Waals surface area (Å²) in [5, 5.41) is 6.25. The molecule has 0 aliphatic rings. The monoisotopic (exact) mass is 457 g/mol. The van der Waals surface area contributed by atoms with Crippen molar-refractivity contribution in [2.24, 2.45) is 5.10 Å². The van der Waals surface area contributed by atoms with E-state index in [0.717, 1.165) is 21.9 Å². The van der Waals surface area contributed by atoms with Crippen LogP contribution in [0.15, 0.2) is 102 Å². The first-order chi connectivity index (χ1) is 15.9. The van der Waals surface area contributed by atoms with E-state index in [1.54, 1.807) is 54.7 Å². The number of hydrazone groups is 1. The maximum Gasteiger partial charge on any atom is 0.271 e. The zero-order valence-electron chi connectivity index (χ0n) is 18.0. The summed E-state index contributed by atoms with van der Waals surface area (Å²) in [6.45, 7) is 0.171. The fourth-order valence-corrected chi connectivity index (χ4v) is 4.40. The average molecular weight is 458 g/mol. The largest absolute Gasteiger partial charge is 0.271 e. The highest BCUT2D eigenvalue weighted by Crippen LogP contribution is 2.20. The number of para-hydroxylation sites is 1. The number of sulfonamides is 1. The summed E-state index contributed by atoms with van der Waals surface area (Å²) in [4.78, 5) is 12.5. The van der Waals surface area contributed by atoms with Gasteiger partial charge in [-0.15, -0.1) is 0 Å². The number of hydrogen-bond acceptors (Lipinski definition) is 4. The van der Waals surface area contributed by atoms with Gasteiger partial charge in [0.2, 0.25) is 10.0 Å². The van der Waals surface area contributed by atoms with Gasteiger partial charge in [0.05, 0.1) is 24.7 Å². The van der Waals surface area contributed by atoms with Gasteiger partial charge in [0.25, 0.3) is 5.91 Å². The number of anilines is 1. The molecule has 33 heavy (non-hydrogen) atoms. The Morgan fingerprint density at radius 3 is 2.27 bits per heavy atom. The molecule has 7 heteroatoms. The minimum absolute atomic E-state index is 0.171. The summed E-state index contributed by atoms with van der Waals surface area (Å²) < 4.78 is 25.9. The van der Waals surface area contributed by atoms with Gasteiger partial charge in [-0.2, -0.15) is 5.10 Å². The molecule has 166 valence electrons. The van der Waals surface area contributed by atoms with Crippen LogP contribution in [0.2, 0.25) is 0 Å². The van der Waals surface area contributed by atoms with Gasteiger partial charge in [-0.05, 0) is 40.6 Å². The predicted molar refractivity (Wildman–Crippen MR) is 133 cm³/mol. The number of nitrogens with zero attached hydrogens (tertiary/aromatic N) is 2. The van der Waals surface area contributed by atoms with Crippen molar-refractivity contribution in [1.82, 2.24) is 5.43 Å². The molecule has 4 aromatic rings. The predicted octanol–water partition coefficient (Wildman–Crippen LogP) is 4.57. The molecule has 0 spiro atoms. The first kappa shape index (κ1) is 22.2. The fraction of sp³-hybridized carbons (Fsp3) is 0.0769. The molecule has 1 N–H and O–H groups in total. The summed E-state index contributed by atoms with van der Waals surface area (Å²) in [6.07, 6.45) is 2.80. The molecule has 4 rings (SSSR count). The molecule has 4 aromatic carbocycles. The van der Waals surface area contributed by atoms with E-state index >= 15 is 0 Å². The molecule has 1 amide bonds. The highest BCUT2D eigenvalue weighted by atomic mass is 32.2. The van der Waals surface area contributed by atoms with Crippen molar-refractivity contribution in [1.29, 1.82) is 0 Å². The normalized spacial score (nSPS) is 11.5. The Kier molecular flexibility index (Phi) is 6.51. The third-order valence-electron chi connectivity index (χ3n) is 5.18. The van der Waals surface area contributed by atoms with Crippen molar-refractivity contribution in [2.45, 2.75) is 6.54 Å². The fourth-order valence-electron chi connectivity index (χ4n) is 3.51. The Hall–Kier alpha value is -3.97. The molecule has 0 aliphatic heterocycles. The molecule has 0 fully saturated rings. The van der Waals surface area contributed by atoms with E-state index in [4.69, 9.17) is 0 Å². The van der Waals surface area contributed by atoms with Crippen molar-refractivity contribution < 1.29 is 13.2 Å². The highest BCUT2D eigenvalue weighted by molar-refractivity contribution is 7.92. The van der Waals surface area contributed by atoms with Crippen LogP contribution < -0.4 is 9.73 Å². The second-order valence-corrected chi connectivity index (χ2v) is 9.48. The van der Waals surface area contributed by atoms with Crippen LogP contribution in [0.5, 0.6) is 0 Å². The van der Waals surface area contributed by atoms with Crippen molar-refractivity contribution >= 4 is 38.6 Å². The molecule has 0 saturated carbocycles. The summed E-state index contributed by atoms with van der Waals surface area (Å²) in [5.74, 6) is -0.346. The number of fused-ring (bicyclic) bond motifs is 1. The van der Waals surface area contributed by atoms with Crippen molar-refractivity contribution in [3.05, 3.63) is 114 Å². The first-order valence-electron chi connectivity index (χ1n) is 10.3. The van der Waals surface area contributed by atoms with E-state index in [2.05, 4.69) is 10.5 Å². The molecule has 0 bridgehead atoms. The third-order valence-corrected chi connectivity index (χ3v) is 6.32. The molecule has 0 saturated heterocycles. The van der Waals surface area contributed by atoms with Crippen LogP contribution in [0.3, 0.4) is 0 Å². The van der Waals surface area contributed by atoms with Crippen LogP contribution >= 0.6 is 0 Å². The van der Waals surface area contributed by atoms with Crippen LogP contribution in [0, 0.1) is 0 Å². The van der Waals surface area contributed by atoms with E-state index < -0.39 is 10.0 Å². The molecule has 0 aliphatic carbocycles. The van der Waals surface area contributed by atoms with Crippen LogP contribution in [0.4, 0.5) is 5.69 Å². The standard InChI is InChI=1S/C26H23N3O3S/c1-33(31,32)29(24-11-3-2-4-12-24)19-20-14-16-22(17-15-20)26(30)28-27-18-23-10-7-9-21-8-5-6-13-25(21)23/h2-18H,19H2,1H3,(H,28,30)/b27-18-. The van der Waals surface area contributed by atoms with Crippen molar-refractivity contribution in [3.63, 3.8) is 0 Å². The SMILES string of the molecule is CS(=O)(=O)N(Cc1ccc(C(=O)N/N=C\c2cccc3ccccc23)cc1)c1ccccc1. The van der Waals surface area contributed by atoms with Crippen molar-refractivity contribution in [2.75, 3.05) is 10.6 Å². The van der Waals surface area contributed by atoms with Gasteiger partial charge in [-0.25, -0.2) is 13.8 Å². The smallest absolute Gasteiger partial charge is 0.267 e. The summed E-state index contributed by atoms with van der Waals surface area (Å²) >= 11 is 0. The number of carbonyl (C=O) groups is 1. The Labute approximate surface area is 193 Å². The lowest BCUT2D eigenvalue weighted by atomic mass is 10.1. The zero-order valence-corrected chi connectivity index (χ0v) is 18.9. The van der Waals surface area contributed by atoms with E-state index in [0.29, 0.717) is 11.3 Å². The van der Waals surface area contributed by atoms with Crippen LogP contribution in [0.1, 0.15) is 21.5 Å². The molecule has 0 heterocycles. The first-order valence-corrected chi connectivity index (χ1v) is 12.2. The Balaban J connectivity index is 1.44. The van der Waals surface area contributed by atoms with Crippen LogP contribution in [-0.4, -0.2) is 26.8 Å². The number of nitrogens with one attached hydrogen (secondary N) is 1. The Morgan fingerprint density at radius 1 is 0.879 bits per heavy atom. The number of carbonyl (C=O) groups excluding carboxylic acids is 1. The molecule has 6 nitrogen and oxygen atoms in total. The van der Waals surface area contributed by atoms with Gasteiger partial charge in [0.1, 0.15) is 0 Å². The summed E-state index contributed by atoms with van der Waals surface area (Å²) in [7, 11) is -3.46. The van der Waals surface area contributed by atoms with E-state index in [1.165, 1.54) is 10.6 Å². The topological polar surface area (TPSA) is 78.8 Å². The van der Waals surface area contributed by atoms with Crippen LogP contribution in [-0.2, 0) is 16.6 Å². The lowest BCUT2D eigenvalue weighted by molar-refractivity contribution is 0.0955. The molecular weight excluding hydrogens is 434 g/mol. The van der Waals surface area contributed by atoms with E-state index in [-0.39, 0.29) is 12.5 Å². The second-order valence-electron chi connectivity index (χ2n) is 7.57. The van der Waals surface area contributed by atoms with Crippen molar-refractivity contribution in [3.8, 4) is 0 Å². The lowest BCUT2D eigenvalue weighted by Gasteiger charge is -2.22. The number of amides is 1. The van der Waals surface area contributed by atoms with E-state index in [1.807, 2.05) is 48.5 Å². The molecule has 0 aromatic heterocycles. The van der Waals surface area contributed by atoms with E-state index in [9.17, 15) is 13.2 Å². The van der Waals surface area contributed by atoms with Gasteiger partial charge in [-0.3, -0.25) is 9.10 Å². The minimum Gasteiger partial charge on any atom is -0.267 e. The lowest BCUT2D eigenvalue weighted by Crippen LogP contribution is -2.29. The van der Waals surface area contributed by atoms with Gasteiger partial charge in [0, 0.05) is 11.1 Å². The quantitative estimate of drug-likeness (QED) is 0.326. The average Bonchev–Trinajstić information content (AvgIpc) is 2.83. The third kappa shape index (κ3) is 5.45. The highest BCUT2D eigenvalue weighted by Gasteiger charge is 2.17. The molecule has 0 atom stereocenters. The van der Waals surface area contributed by atoms with Gasteiger partial charge < -0.3 is 0 Å². The maximum absolute atomic E-state index is 12.5. The van der Waals surface area contributed by atoms with Crippen LogP contribution in [0.25, 0.3) is 10.8 Å². The van der Waals surface area contributed by atoms with Gasteiger partial charge in [0.15, 0.2) is 0 Å². The number of hydrogen-bond donors (Lipinski definition) is 1. The summed E-state index contributed by atoms with van der Waals surface area (Å²) in [6, 6.07) is 29.6. The number of benzene rings is 4. The molecule has 0 radical (unpaired) electrons. The number of rotatable bonds is 7. The molecule has 0 unspecified atom stereocenters. The summed E-state index contributed by atoms with van der Waals surface area (Å²) in [5.41, 5.74) is 5.24. The van der Waals surface area contributed by atoms with Gasteiger partial charge >= 0.3 is 0 Å². The minimum atomic E-state index is -3.46. The van der Waals surface area contributed by atoms with Gasteiger partial charge in [-0.1, -0.05) is 72.8 Å². The maximum atomic E-state index is 12.5. The second kappa shape index (κ2) is 9.67. The molecular formula is C26H23N3O3S. The Bertz CT molecular complexity index is 1390. The Morgan fingerprint density at radius 2 is 1.55 bits per heavy atom. The zero-order chi connectivity index (χ0) is 23.3.